The second-order valence-corrected chi connectivity index (χ2v) is 8.41. The standard InChI is InChI=1S/C23H35N7OS/c1-5-9-15-24-22-25-23-28(16-10-6-2)19(7-3)26-30(23)21(29(22)27-20(32)8-4)17-13-11-12-14-18(17)31/h11-14,21H,5-10,15-16H2,1-4H3,(H2,27,31,32)/p+1. The molecule has 0 saturated carbocycles. The molecule has 1 aliphatic heterocycles. The minimum absolute atomic E-state index is 0.209. The molecule has 1 atom stereocenters. The van der Waals surface area contributed by atoms with Crippen LogP contribution in [0.5, 0.6) is 5.75 Å². The Morgan fingerprint density at radius 2 is 1.97 bits per heavy atom. The Labute approximate surface area is 196 Å². The van der Waals surface area contributed by atoms with E-state index in [1.807, 2.05) is 34.8 Å². The van der Waals surface area contributed by atoms with Crippen LogP contribution in [-0.2, 0) is 13.0 Å². The molecule has 0 radical (unpaired) electrons. The van der Waals surface area contributed by atoms with Crippen LogP contribution in [0.3, 0.4) is 0 Å². The Hall–Kier alpha value is -2.68. The van der Waals surface area contributed by atoms with E-state index >= 15 is 0 Å². The van der Waals surface area contributed by atoms with Gasteiger partial charge < -0.3 is 5.11 Å². The third-order valence-electron chi connectivity index (χ3n) is 5.54. The number of para-hydroxylation sites is 1. The lowest BCUT2D eigenvalue weighted by atomic mass is 10.1. The molecule has 2 heterocycles. The van der Waals surface area contributed by atoms with E-state index in [4.69, 9.17) is 22.3 Å². The molecule has 0 saturated heterocycles. The molecular weight excluding hydrogens is 422 g/mol. The number of nitrogens with zero attached hydrogens (tertiary/aromatic N) is 5. The average molecular weight is 459 g/mol. The largest absolute Gasteiger partial charge is 0.507 e. The number of aromatic nitrogens is 3. The number of nitrogens with one attached hydrogen (secondary N) is 2. The van der Waals surface area contributed by atoms with Crippen LogP contribution in [0.2, 0.25) is 0 Å². The van der Waals surface area contributed by atoms with E-state index < -0.39 is 6.17 Å². The van der Waals surface area contributed by atoms with Crippen molar-refractivity contribution in [2.24, 2.45) is 4.99 Å². The highest BCUT2D eigenvalue weighted by Crippen LogP contribution is 2.33. The Bertz CT molecular complexity index is 956. The fourth-order valence-electron chi connectivity index (χ4n) is 3.73. The Kier molecular flexibility index (Phi) is 8.44. The molecule has 3 rings (SSSR count). The molecule has 0 spiro atoms. The molecule has 174 valence electrons. The topological polar surface area (TPSA) is 81.6 Å². The molecule has 8 nitrogen and oxygen atoms in total. The summed E-state index contributed by atoms with van der Waals surface area (Å²) in [6.07, 6.45) is 5.28. The van der Waals surface area contributed by atoms with Gasteiger partial charge in [0.05, 0.1) is 17.1 Å². The van der Waals surface area contributed by atoms with Crippen LogP contribution in [-0.4, -0.2) is 37.4 Å². The number of benzene rings is 1. The van der Waals surface area contributed by atoms with E-state index in [-0.39, 0.29) is 5.75 Å². The van der Waals surface area contributed by atoms with E-state index in [2.05, 4.69) is 36.1 Å². The zero-order valence-electron chi connectivity index (χ0n) is 19.6. The van der Waals surface area contributed by atoms with Crippen molar-refractivity contribution in [3.63, 3.8) is 0 Å². The van der Waals surface area contributed by atoms with Gasteiger partial charge in [-0.2, -0.15) is 0 Å². The maximum Gasteiger partial charge on any atom is 0.354 e. The molecule has 1 unspecified atom stereocenters. The fourth-order valence-corrected chi connectivity index (χ4v) is 3.83. The zero-order valence-corrected chi connectivity index (χ0v) is 20.5. The first kappa shape index (κ1) is 24.0. The quantitative estimate of drug-likeness (QED) is 0.285. The molecule has 3 N–H and O–H groups in total. The van der Waals surface area contributed by atoms with Crippen molar-refractivity contribution in [2.75, 3.05) is 11.9 Å². The van der Waals surface area contributed by atoms with Crippen LogP contribution in [0.15, 0.2) is 29.3 Å². The van der Waals surface area contributed by atoms with Gasteiger partial charge in [0.15, 0.2) is 0 Å². The number of fused-ring (bicyclic) bond motifs is 1. The molecule has 0 aliphatic carbocycles. The summed E-state index contributed by atoms with van der Waals surface area (Å²) in [6.45, 7) is 10.1. The number of rotatable bonds is 10. The number of unbranched alkanes of at least 4 members (excludes halogenated alkanes) is 2. The lowest BCUT2D eigenvalue weighted by molar-refractivity contribution is -0.691. The van der Waals surface area contributed by atoms with Gasteiger partial charge in [0, 0.05) is 13.0 Å². The van der Waals surface area contributed by atoms with Crippen molar-refractivity contribution >= 4 is 29.1 Å². The molecule has 0 amide bonds. The minimum atomic E-state index is -0.439. The Morgan fingerprint density at radius 1 is 1.22 bits per heavy atom. The predicted octanol–water partition coefficient (Wildman–Crippen LogP) is 3.91. The molecule has 2 aromatic rings. The van der Waals surface area contributed by atoms with Crippen LogP contribution in [0.1, 0.15) is 77.4 Å². The second-order valence-electron chi connectivity index (χ2n) is 7.92. The first-order valence-corrected chi connectivity index (χ1v) is 12.2. The molecule has 32 heavy (non-hydrogen) atoms. The molecule has 1 aromatic heterocycles. The smallest absolute Gasteiger partial charge is 0.354 e. The number of thiocarbonyl (C=S) groups is 1. The maximum absolute atomic E-state index is 10.8. The van der Waals surface area contributed by atoms with E-state index in [0.29, 0.717) is 23.9 Å². The molecular formula is C23H36N7OS+. The molecule has 0 bridgehead atoms. The van der Waals surface area contributed by atoms with Crippen LogP contribution in [0.25, 0.3) is 0 Å². The highest BCUT2D eigenvalue weighted by Gasteiger charge is 2.43. The highest BCUT2D eigenvalue weighted by atomic mass is 32.1. The van der Waals surface area contributed by atoms with Crippen molar-refractivity contribution in [3.8, 4) is 5.75 Å². The number of hydrogen-bond donors (Lipinski definition) is 3. The van der Waals surface area contributed by atoms with Crippen LogP contribution < -0.4 is 15.3 Å². The lowest BCUT2D eigenvalue weighted by Gasteiger charge is -2.35. The summed E-state index contributed by atoms with van der Waals surface area (Å²) in [4.78, 5) is 5.57. The zero-order chi connectivity index (χ0) is 23.1. The minimum Gasteiger partial charge on any atom is -0.507 e. The van der Waals surface area contributed by atoms with Crippen molar-refractivity contribution in [3.05, 3.63) is 35.7 Å². The summed E-state index contributed by atoms with van der Waals surface area (Å²) in [6, 6.07) is 7.38. The number of aryl methyl sites for hydroxylation is 1. The van der Waals surface area contributed by atoms with Crippen LogP contribution >= 0.6 is 12.2 Å². The van der Waals surface area contributed by atoms with E-state index in [9.17, 15) is 5.11 Å². The molecule has 1 aliphatic rings. The number of hydrogen-bond acceptors (Lipinski definition) is 4. The van der Waals surface area contributed by atoms with E-state index in [1.165, 1.54) is 0 Å². The highest BCUT2D eigenvalue weighted by molar-refractivity contribution is 7.80. The number of guanidine groups is 1. The van der Waals surface area contributed by atoms with Crippen LogP contribution in [0, 0.1) is 0 Å². The van der Waals surface area contributed by atoms with Crippen molar-refractivity contribution in [1.82, 2.24) is 20.2 Å². The van der Waals surface area contributed by atoms with Gasteiger partial charge in [-0.3, -0.25) is 5.43 Å². The number of phenolic OH excluding ortho intramolecular Hbond substituents is 1. The number of aliphatic imine (C=N–C) groups is 1. The third kappa shape index (κ3) is 5.03. The number of phenols is 1. The maximum atomic E-state index is 10.8. The summed E-state index contributed by atoms with van der Waals surface area (Å²) in [7, 11) is 0. The Morgan fingerprint density at radius 3 is 2.62 bits per heavy atom. The Balaban J connectivity index is 2.20. The van der Waals surface area contributed by atoms with Gasteiger partial charge in [-0.25, -0.2) is 19.9 Å². The first-order chi connectivity index (χ1) is 15.5. The number of aromatic hydroxyl groups is 1. The summed E-state index contributed by atoms with van der Waals surface area (Å²) >= 11 is 5.54. The van der Waals surface area contributed by atoms with Crippen molar-refractivity contribution < 1.29 is 9.67 Å². The average Bonchev–Trinajstić information content (AvgIpc) is 3.15. The van der Waals surface area contributed by atoms with Gasteiger partial charge in [0.25, 0.3) is 5.96 Å². The van der Waals surface area contributed by atoms with Gasteiger partial charge in [-0.05, 0) is 30.4 Å². The summed E-state index contributed by atoms with van der Waals surface area (Å²) in [5.74, 6) is 2.76. The summed E-state index contributed by atoms with van der Waals surface area (Å²) in [5, 5.41) is 21.2. The first-order valence-electron chi connectivity index (χ1n) is 11.7. The lowest BCUT2D eigenvalue weighted by Crippen LogP contribution is -2.57. The van der Waals surface area contributed by atoms with Gasteiger partial charge in [-0.15, -0.1) is 0 Å². The van der Waals surface area contributed by atoms with Gasteiger partial charge >= 0.3 is 5.95 Å². The molecule has 9 heteroatoms. The predicted molar refractivity (Wildman–Crippen MR) is 132 cm³/mol. The summed E-state index contributed by atoms with van der Waals surface area (Å²) in [5.41, 5.74) is 4.08. The van der Waals surface area contributed by atoms with Crippen LogP contribution in [0.4, 0.5) is 5.95 Å². The molecule has 0 fully saturated rings. The van der Waals surface area contributed by atoms with E-state index in [1.54, 1.807) is 6.07 Å². The van der Waals surface area contributed by atoms with Gasteiger partial charge in [0.2, 0.25) is 12.0 Å². The monoisotopic (exact) mass is 458 g/mol. The van der Waals surface area contributed by atoms with Crippen molar-refractivity contribution in [2.45, 2.75) is 78.9 Å². The third-order valence-corrected chi connectivity index (χ3v) is 5.92. The van der Waals surface area contributed by atoms with Crippen molar-refractivity contribution in [1.29, 1.82) is 0 Å². The van der Waals surface area contributed by atoms with E-state index in [0.717, 1.165) is 56.0 Å². The van der Waals surface area contributed by atoms with Gasteiger partial charge in [-0.1, -0.05) is 75.6 Å². The number of anilines is 1. The number of hydrazine groups is 1. The SMILES string of the molecule is CCCCN=C1Nc2n(nc(CC)[n+]2CCCC)C(c2ccccc2O)N1NC(=S)CC. The summed E-state index contributed by atoms with van der Waals surface area (Å²) < 4.78 is 4.18. The molecule has 1 aromatic carbocycles. The normalized spacial score (nSPS) is 16.7. The fraction of sp³-hybridized carbons (Fsp3) is 0.565. The second kappa shape index (κ2) is 11.3. The van der Waals surface area contributed by atoms with Gasteiger partial charge in [0.1, 0.15) is 5.75 Å².